The summed E-state index contributed by atoms with van der Waals surface area (Å²) in [7, 11) is 0. The molecule has 1 N–H and O–H groups in total. The molecule has 0 spiro atoms. The summed E-state index contributed by atoms with van der Waals surface area (Å²) < 4.78 is 6.30. The highest BCUT2D eigenvalue weighted by atomic mass is 32.1. The summed E-state index contributed by atoms with van der Waals surface area (Å²) in [6.45, 7) is -0.0324. The van der Waals surface area contributed by atoms with Crippen molar-refractivity contribution in [2.75, 3.05) is 0 Å². The number of benzene rings is 2. The van der Waals surface area contributed by atoms with E-state index in [0.717, 1.165) is 4.57 Å². The molecule has 0 aliphatic carbocycles. The van der Waals surface area contributed by atoms with Crippen LogP contribution in [0.3, 0.4) is 0 Å². The van der Waals surface area contributed by atoms with Crippen molar-refractivity contribution >= 4 is 28.2 Å². The molecule has 7 nitrogen and oxygen atoms in total. The molecule has 2 heterocycles. The number of carbonyl (C=O) groups excluding carboxylic acids is 1. The maximum absolute atomic E-state index is 12.8. The van der Waals surface area contributed by atoms with Crippen molar-refractivity contribution in [1.29, 1.82) is 5.26 Å². The number of nitrogens with one attached hydrogen (secondary N) is 1. The first-order valence-electron chi connectivity index (χ1n) is 8.56. The topological polar surface area (TPSA) is 105 Å². The number of aromatic amines is 1. The van der Waals surface area contributed by atoms with E-state index in [1.807, 2.05) is 6.07 Å². The minimum absolute atomic E-state index is 0.0324. The highest BCUT2D eigenvalue weighted by Gasteiger charge is 2.14. The smallest absolute Gasteiger partial charge is 0.338 e. The van der Waals surface area contributed by atoms with Crippen molar-refractivity contribution in [1.82, 2.24) is 9.55 Å². The van der Waals surface area contributed by atoms with Gasteiger partial charge in [-0.15, -0.1) is 11.3 Å². The van der Waals surface area contributed by atoms with Gasteiger partial charge < -0.3 is 9.72 Å². The average Bonchev–Trinajstić information content (AvgIpc) is 3.20. The molecule has 0 fully saturated rings. The van der Waals surface area contributed by atoms with Gasteiger partial charge in [0, 0.05) is 5.56 Å². The van der Waals surface area contributed by atoms with Crippen LogP contribution in [0.2, 0.25) is 0 Å². The molecule has 2 aromatic heterocycles. The minimum atomic E-state index is -0.616. The zero-order valence-corrected chi connectivity index (χ0v) is 15.7. The summed E-state index contributed by atoms with van der Waals surface area (Å²) >= 11 is 1.27. The third kappa shape index (κ3) is 3.47. The second-order valence-electron chi connectivity index (χ2n) is 6.13. The highest BCUT2D eigenvalue weighted by molar-refractivity contribution is 7.10. The van der Waals surface area contributed by atoms with Crippen LogP contribution in [0.5, 0.6) is 0 Å². The number of para-hydroxylation sites is 1. The maximum Gasteiger partial charge on any atom is 0.338 e. The number of hydrogen-bond donors (Lipinski definition) is 1. The molecule has 0 saturated heterocycles. The Balaban J connectivity index is 1.66. The van der Waals surface area contributed by atoms with Crippen LogP contribution in [0.15, 0.2) is 69.6 Å². The van der Waals surface area contributed by atoms with E-state index < -0.39 is 17.2 Å². The van der Waals surface area contributed by atoms with Crippen LogP contribution in [0.4, 0.5) is 0 Å². The molecule has 0 amide bonds. The lowest BCUT2D eigenvalue weighted by Crippen LogP contribution is -2.33. The number of thiophene rings is 1. The first-order valence-corrected chi connectivity index (χ1v) is 9.44. The normalized spacial score (nSPS) is 10.6. The molecule has 0 atom stereocenters. The van der Waals surface area contributed by atoms with Gasteiger partial charge in [-0.05, 0) is 41.8 Å². The molecule has 0 unspecified atom stereocenters. The van der Waals surface area contributed by atoms with Crippen LogP contribution in [0, 0.1) is 11.3 Å². The van der Waals surface area contributed by atoms with Gasteiger partial charge in [0.2, 0.25) is 0 Å². The minimum Gasteiger partial charge on any atom is -0.457 e. The second kappa shape index (κ2) is 7.58. The molecule has 0 bridgehead atoms. The number of H-pyrrole nitrogens is 1. The number of nitriles is 1. The monoisotopic (exact) mass is 403 g/mol. The fourth-order valence-electron chi connectivity index (χ4n) is 2.93. The summed E-state index contributed by atoms with van der Waals surface area (Å²) in [5.41, 5.74) is 0.440. The van der Waals surface area contributed by atoms with E-state index in [2.05, 4.69) is 4.98 Å². The molecule has 29 heavy (non-hydrogen) atoms. The lowest BCUT2D eigenvalue weighted by Gasteiger charge is -2.08. The van der Waals surface area contributed by atoms with Gasteiger partial charge in [-0.1, -0.05) is 18.2 Å². The Bertz CT molecular complexity index is 1380. The molecule has 4 aromatic rings. The summed E-state index contributed by atoms with van der Waals surface area (Å²) in [5.74, 6) is -0.616. The van der Waals surface area contributed by atoms with E-state index >= 15 is 0 Å². The number of nitrogens with zero attached hydrogens (tertiary/aromatic N) is 2. The lowest BCUT2D eigenvalue weighted by molar-refractivity contribution is 0.0473. The van der Waals surface area contributed by atoms with Crippen LogP contribution in [-0.4, -0.2) is 15.5 Å². The Morgan fingerprint density at radius 1 is 1.14 bits per heavy atom. The Morgan fingerprint density at radius 3 is 2.69 bits per heavy atom. The van der Waals surface area contributed by atoms with Gasteiger partial charge in [0.15, 0.2) is 0 Å². The molecule has 0 aliphatic heterocycles. The van der Waals surface area contributed by atoms with Crippen molar-refractivity contribution < 1.29 is 9.53 Å². The molecule has 2 aromatic carbocycles. The van der Waals surface area contributed by atoms with Gasteiger partial charge in [0.25, 0.3) is 5.56 Å². The number of hydrogen-bond acceptors (Lipinski definition) is 6. The van der Waals surface area contributed by atoms with Crippen LogP contribution in [0.25, 0.3) is 16.6 Å². The standard InChI is InChI=1S/C21H13N3O4S/c22-11-18-14(8-9-29-18)12-28-20(26)13-6-7-16-17(10-13)23-21(27)24(19(16)25)15-4-2-1-3-5-15/h1-10H,12H2,(H,23,27). The number of aromatic nitrogens is 2. The highest BCUT2D eigenvalue weighted by Crippen LogP contribution is 2.18. The van der Waals surface area contributed by atoms with Crippen LogP contribution < -0.4 is 11.2 Å². The van der Waals surface area contributed by atoms with E-state index in [0.29, 0.717) is 16.1 Å². The van der Waals surface area contributed by atoms with Crippen LogP contribution >= 0.6 is 11.3 Å². The first kappa shape index (κ1) is 18.4. The third-order valence-electron chi connectivity index (χ3n) is 4.35. The Kier molecular flexibility index (Phi) is 4.81. The molecular weight excluding hydrogens is 390 g/mol. The molecular formula is C21H13N3O4S. The molecule has 0 aliphatic rings. The fraction of sp³-hybridized carbons (Fsp3) is 0.0476. The Morgan fingerprint density at radius 2 is 1.93 bits per heavy atom. The first-order chi connectivity index (χ1) is 14.1. The Hall–Kier alpha value is -3.96. The van der Waals surface area contributed by atoms with Crippen molar-refractivity contribution in [2.45, 2.75) is 6.61 Å². The zero-order valence-electron chi connectivity index (χ0n) is 14.9. The van der Waals surface area contributed by atoms with E-state index in [4.69, 9.17) is 10.00 Å². The molecule has 0 radical (unpaired) electrons. The van der Waals surface area contributed by atoms with E-state index in [-0.39, 0.29) is 23.1 Å². The van der Waals surface area contributed by atoms with Gasteiger partial charge in [0.1, 0.15) is 17.6 Å². The van der Waals surface area contributed by atoms with Crippen LogP contribution in [-0.2, 0) is 11.3 Å². The SMILES string of the molecule is N#Cc1sccc1COC(=O)c1ccc2c(=O)n(-c3ccccc3)c(=O)[nH]c2c1. The van der Waals surface area contributed by atoms with E-state index in [1.54, 1.807) is 41.8 Å². The molecule has 0 saturated carbocycles. The summed E-state index contributed by atoms with van der Waals surface area (Å²) in [5, 5.41) is 11.0. The molecule has 8 heteroatoms. The largest absolute Gasteiger partial charge is 0.457 e. The van der Waals surface area contributed by atoms with Gasteiger partial charge in [-0.3, -0.25) is 4.79 Å². The second-order valence-corrected chi connectivity index (χ2v) is 7.05. The predicted octanol–water partition coefficient (Wildman–Crippen LogP) is 2.97. The third-order valence-corrected chi connectivity index (χ3v) is 5.22. The van der Waals surface area contributed by atoms with E-state index in [1.165, 1.54) is 29.5 Å². The van der Waals surface area contributed by atoms with Crippen molar-refractivity contribution in [2.24, 2.45) is 0 Å². The number of rotatable bonds is 4. The molecule has 4 rings (SSSR count). The van der Waals surface area contributed by atoms with Crippen LogP contribution in [0.1, 0.15) is 20.8 Å². The summed E-state index contributed by atoms with van der Waals surface area (Å²) in [6.07, 6.45) is 0. The lowest BCUT2D eigenvalue weighted by atomic mass is 10.1. The van der Waals surface area contributed by atoms with Gasteiger partial charge in [0.05, 0.1) is 22.2 Å². The zero-order chi connectivity index (χ0) is 20.4. The van der Waals surface area contributed by atoms with Crippen molar-refractivity contribution in [3.63, 3.8) is 0 Å². The summed E-state index contributed by atoms with van der Waals surface area (Å²) in [6, 6.07) is 16.7. The summed E-state index contributed by atoms with van der Waals surface area (Å²) in [4.78, 5) is 40.7. The Labute approximate surface area is 168 Å². The fourth-order valence-corrected chi connectivity index (χ4v) is 3.63. The quantitative estimate of drug-likeness (QED) is 0.528. The number of carbonyl (C=O) groups is 1. The predicted molar refractivity (Wildman–Crippen MR) is 108 cm³/mol. The molecule has 142 valence electrons. The number of esters is 1. The van der Waals surface area contributed by atoms with Gasteiger partial charge >= 0.3 is 11.7 Å². The number of fused-ring (bicyclic) bond motifs is 1. The number of ether oxygens (including phenoxy) is 1. The van der Waals surface area contributed by atoms with Gasteiger partial charge in [-0.2, -0.15) is 5.26 Å². The van der Waals surface area contributed by atoms with Crippen molar-refractivity contribution in [3.05, 3.63) is 96.8 Å². The maximum atomic E-state index is 12.8. The van der Waals surface area contributed by atoms with Crippen molar-refractivity contribution in [3.8, 4) is 11.8 Å². The average molecular weight is 403 g/mol. The van der Waals surface area contributed by atoms with Gasteiger partial charge in [-0.25, -0.2) is 14.2 Å². The van der Waals surface area contributed by atoms with E-state index in [9.17, 15) is 14.4 Å².